The molecule has 4 aliphatic carbocycles. The van der Waals surface area contributed by atoms with Gasteiger partial charge in [-0.3, -0.25) is 0 Å². The second-order valence-electron chi connectivity index (χ2n) is 12.6. The molecule has 1 heterocycles. The molecule has 0 saturated heterocycles. The molecule has 0 N–H and O–H groups in total. The van der Waals surface area contributed by atoms with Crippen molar-refractivity contribution in [3.05, 3.63) is 35.7 Å². The third kappa shape index (κ3) is 6.26. The molecule has 4 saturated carbocycles. The van der Waals surface area contributed by atoms with Gasteiger partial charge in [0.15, 0.2) is 0 Å². The maximum atomic E-state index is 2.79. The lowest BCUT2D eigenvalue weighted by Crippen LogP contribution is -2.36. The molecule has 6 rings (SSSR count). The second-order valence-corrected chi connectivity index (χ2v) is 19.0. The molecule has 0 nitrogen and oxygen atoms in total. The van der Waals surface area contributed by atoms with Crippen molar-refractivity contribution in [2.45, 2.75) is 151 Å². The third-order valence-electron chi connectivity index (χ3n) is 10.2. The van der Waals surface area contributed by atoms with Gasteiger partial charge in [0.05, 0.1) is 0 Å². The summed E-state index contributed by atoms with van der Waals surface area (Å²) in [5.74, 6) is 0. The molecule has 3 heteroatoms. The summed E-state index contributed by atoms with van der Waals surface area (Å²) < 4.78 is 0. The zero-order valence-corrected chi connectivity index (χ0v) is 25.8. The Labute approximate surface area is 234 Å². The molecule has 0 unspecified atom stereocenters. The Morgan fingerprint density at radius 1 is 0.486 bits per heavy atom. The van der Waals surface area contributed by atoms with Gasteiger partial charge in [0.1, 0.15) is 0 Å². The van der Waals surface area contributed by atoms with Crippen LogP contribution in [-0.4, -0.2) is 22.6 Å². The highest BCUT2D eigenvalue weighted by molar-refractivity contribution is 7.74. The fourth-order valence-corrected chi connectivity index (χ4v) is 18.6. The molecule has 0 bridgehead atoms. The number of thiophene rings is 1. The zero-order valence-electron chi connectivity index (χ0n) is 23.2. The fourth-order valence-electron chi connectivity index (χ4n) is 8.36. The predicted molar refractivity (Wildman–Crippen MR) is 170 cm³/mol. The number of hydrogen-bond donors (Lipinski definition) is 0. The summed E-state index contributed by atoms with van der Waals surface area (Å²) in [6, 6.07) is 11.7. The summed E-state index contributed by atoms with van der Waals surface area (Å²) in [5.41, 5.74) is 5.56. The summed E-state index contributed by atoms with van der Waals surface area (Å²) in [6.45, 7) is 0. The van der Waals surface area contributed by atoms with E-state index in [0.717, 1.165) is 22.6 Å². The van der Waals surface area contributed by atoms with Crippen LogP contribution in [-0.2, 0) is 0 Å². The van der Waals surface area contributed by atoms with Gasteiger partial charge in [-0.15, -0.1) is 11.3 Å². The van der Waals surface area contributed by atoms with Gasteiger partial charge in [-0.1, -0.05) is 123 Å². The maximum Gasteiger partial charge on any atom is 0.0426 e. The Morgan fingerprint density at radius 2 is 0.892 bits per heavy atom. The summed E-state index contributed by atoms with van der Waals surface area (Å²) >= 11 is 2.17. The first-order chi connectivity index (χ1) is 18.4. The van der Waals surface area contributed by atoms with E-state index in [1.807, 2.05) is 10.6 Å². The van der Waals surface area contributed by atoms with E-state index in [4.69, 9.17) is 0 Å². The molecule has 202 valence electrons. The first-order valence-corrected chi connectivity index (χ1v) is 20.0. The average Bonchev–Trinajstić information content (AvgIpc) is 3.40. The highest BCUT2D eigenvalue weighted by atomic mass is 32.1. The van der Waals surface area contributed by atoms with Crippen LogP contribution < -0.4 is 10.6 Å². The van der Waals surface area contributed by atoms with Crippen molar-refractivity contribution in [1.82, 2.24) is 0 Å². The summed E-state index contributed by atoms with van der Waals surface area (Å²) in [5, 5.41) is 6.75. The van der Waals surface area contributed by atoms with E-state index in [-0.39, 0.29) is 15.8 Å². The molecule has 1 aromatic carbocycles. The van der Waals surface area contributed by atoms with Crippen molar-refractivity contribution in [2.24, 2.45) is 0 Å². The Hall–Kier alpha value is -0.220. The molecule has 1 aromatic heterocycles. The Kier molecular flexibility index (Phi) is 9.79. The minimum absolute atomic E-state index is 0.0303. The van der Waals surface area contributed by atoms with Crippen LogP contribution >= 0.6 is 27.2 Å². The number of rotatable bonds is 7. The van der Waals surface area contributed by atoms with Crippen LogP contribution in [0.1, 0.15) is 128 Å². The minimum atomic E-state index is -0.0682. The minimum Gasteiger partial charge on any atom is -0.142 e. The van der Waals surface area contributed by atoms with Crippen LogP contribution in [0.25, 0.3) is 10.4 Å². The van der Waals surface area contributed by atoms with Crippen molar-refractivity contribution < 1.29 is 0 Å². The van der Waals surface area contributed by atoms with Crippen LogP contribution in [0.2, 0.25) is 0 Å². The molecule has 4 fully saturated rings. The summed E-state index contributed by atoms with van der Waals surface area (Å²) in [4.78, 5) is 1.72. The van der Waals surface area contributed by atoms with Gasteiger partial charge < -0.3 is 0 Å². The molecule has 0 amide bonds. The van der Waals surface area contributed by atoms with Crippen LogP contribution in [0.3, 0.4) is 0 Å². The molecule has 0 atom stereocenters. The van der Waals surface area contributed by atoms with Crippen molar-refractivity contribution >= 4 is 37.8 Å². The van der Waals surface area contributed by atoms with E-state index in [1.54, 1.807) is 4.88 Å². The third-order valence-corrected chi connectivity index (χ3v) is 18.8. The summed E-state index contributed by atoms with van der Waals surface area (Å²) in [6.07, 6.45) is 30.2. The van der Waals surface area contributed by atoms with E-state index in [2.05, 4.69) is 47.0 Å². The molecule has 0 aliphatic heterocycles. The molecule has 0 radical (unpaired) electrons. The van der Waals surface area contributed by atoms with Crippen molar-refractivity contribution in [3.63, 3.8) is 0 Å². The second kappa shape index (κ2) is 13.4. The van der Waals surface area contributed by atoms with Crippen molar-refractivity contribution in [3.8, 4) is 10.4 Å². The quantitative estimate of drug-likeness (QED) is 0.300. The lowest BCUT2D eigenvalue weighted by molar-refractivity contribution is 0.486. The smallest absolute Gasteiger partial charge is 0.0426 e. The van der Waals surface area contributed by atoms with E-state index >= 15 is 0 Å². The molecular formula is C34H50P2S. The van der Waals surface area contributed by atoms with Crippen LogP contribution in [0.5, 0.6) is 0 Å². The standard InChI is InChI=1S/C34H50P2S/c1-6-16-27(17-7-1)34-33(36(30-22-12-4-13-23-30)31-24-14-5-15-25-31)32(26-37-34)35(28-18-8-2-9-19-28)29-20-10-3-11-21-29/h1,6-7,16-17,26,28-31H,2-5,8-15,18-25H2. The highest BCUT2D eigenvalue weighted by Crippen LogP contribution is 2.61. The highest BCUT2D eigenvalue weighted by Gasteiger charge is 2.40. The van der Waals surface area contributed by atoms with Gasteiger partial charge in [-0.25, -0.2) is 0 Å². The molecule has 0 spiro atoms. The first kappa shape index (κ1) is 27.0. The molecule has 37 heavy (non-hydrogen) atoms. The van der Waals surface area contributed by atoms with Crippen molar-refractivity contribution in [2.75, 3.05) is 0 Å². The van der Waals surface area contributed by atoms with E-state index in [0.29, 0.717) is 0 Å². The van der Waals surface area contributed by atoms with Gasteiger partial charge in [0.25, 0.3) is 0 Å². The van der Waals surface area contributed by atoms with Gasteiger partial charge >= 0.3 is 0 Å². The summed E-state index contributed by atoms with van der Waals surface area (Å²) in [7, 11) is -0.0985. The van der Waals surface area contributed by atoms with Crippen molar-refractivity contribution in [1.29, 1.82) is 0 Å². The molecular weight excluding hydrogens is 502 g/mol. The Bertz CT molecular complexity index is 907. The van der Waals surface area contributed by atoms with Gasteiger partial charge in [-0.05, 0) is 90.3 Å². The average molecular weight is 553 g/mol. The lowest BCUT2D eigenvalue weighted by Gasteiger charge is -2.43. The lowest BCUT2D eigenvalue weighted by atomic mass is 9.99. The maximum absolute atomic E-state index is 2.79. The monoisotopic (exact) mass is 552 g/mol. The van der Waals surface area contributed by atoms with Crippen LogP contribution in [0, 0.1) is 0 Å². The first-order valence-electron chi connectivity index (χ1n) is 16.1. The fraction of sp³-hybridized carbons (Fsp3) is 0.706. The number of benzene rings is 1. The Morgan fingerprint density at radius 3 is 1.32 bits per heavy atom. The van der Waals surface area contributed by atoms with Gasteiger partial charge in [-0.2, -0.15) is 0 Å². The normalized spacial score (nSPS) is 23.7. The van der Waals surface area contributed by atoms with Crippen LogP contribution in [0.4, 0.5) is 0 Å². The predicted octanol–water partition coefficient (Wildman–Crippen LogP) is 11.0. The topological polar surface area (TPSA) is 0 Å². The molecule has 4 aliphatic rings. The molecule has 2 aromatic rings. The Balaban J connectivity index is 1.48. The largest absolute Gasteiger partial charge is 0.142 e. The zero-order chi connectivity index (χ0) is 24.9. The van der Waals surface area contributed by atoms with Gasteiger partial charge in [0, 0.05) is 10.2 Å². The van der Waals surface area contributed by atoms with Gasteiger partial charge in [0.2, 0.25) is 0 Å². The number of hydrogen-bond acceptors (Lipinski definition) is 1. The van der Waals surface area contributed by atoms with E-state index < -0.39 is 0 Å². The SMILES string of the molecule is c1ccc(-c2scc(P(C3CCCCC3)C3CCCCC3)c2P(C2CCCCC2)C2CCCCC2)cc1. The van der Waals surface area contributed by atoms with Crippen LogP contribution in [0.15, 0.2) is 35.7 Å². The van der Waals surface area contributed by atoms with E-state index in [1.165, 1.54) is 134 Å². The van der Waals surface area contributed by atoms with E-state index in [9.17, 15) is 0 Å².